The second kappa shape index (κ2) is 5.95. The van der Waals surface area contributed by atoms with Crippen molar-refractivity contribution in [2.24, 2.45) is 0 Å². The quantitative estimate of drug-likeness (QED) is 0.911. The fourth-order valence-corrected chi connectivity index (χ4v) is 2.32. The average Bonchev–Trinajstić information content (AvgIpc) is 2.50. The second-order valence-corrected chi connectivity index (χ2v) is 4.97. The maximum atomic E-state index is 5.41. The molecule has 0 aliphatic heterocycles. The Kier molecular flexibility index (Phi) is 3.85. The van der Waals surface area contributed by atoms with Crippen LogP contribution in [0.15, 0.2) is 24.4 Å². The van der Waals surface area contributed by atoms with Crippen molar-refractivity contribution in [2.75, 3.05) is 19.5 Å². The molecule has 3 rings (SSSR count). The first-order valence-electron chi connectivity index (χ1n) is 6.99. The summed E-state index contributed by atoms with van der Waals surface area (Å²) in [5.74, 6) is 1.94. The van der Waals surface area contributed by atoms with E-state index in [-0.39, 0.29) is 0 Å². The fraction of sp³-hybridized carbons (Fsp3) is 0.400. The predicted octanol–water partition coefficient (Wildman–Crippen LogP) is 2.52. The van der Waals surface area contributed by atoms with Crippen LogP contribution in [-0.2, 0) is 0 Å². The highest BCUT2D eigenvalue weighted by Crippen LogP contribution is 2.37. The van der Waals surface area contributed by atoms with E-state index >= 15 is 0 Å². The van der Waals surface area contributed by atoms with Gasteiger partial charge in [0.2, 0.25) is 5.95 Å². The van der Waals surface area contributed by atoms with Gasteiger partial charge in [0.15, 0.2) is 0 Å². The summed E-state index contributed by atoms with van der Waals surface area (Å²) in [4.78, 5) is 4.54. The molecule has 1 fully saturated rings. The molecule has 0 atom stereocenters. The zero-order valence-corrected chi connectivity index (χ0v) is 12.2. The SMILES string of the molecule is COc1cccc(OC)c1-c1cnnc(NC2CCC2)n1. The van der Waals surface area contributed by atoms with E-state index in [1.54, 1.807) is 20.4 Å². The Morgan fingerprint density at radius 3 is 2.43 bits per heavy atom. The number of methoxy groups -OCH3 is 2. The van der Waals surface area contributed by atoms with E-state index in [1.165, 1.54) is 6.42 Å². The zero-order chi connectivity index (χ0) is 14.7. The van der Waals surface area contributed by atoms with E-state index < -0.39 is 0 Å². The Morgan fingerprint density at radius 1 is 1.14 bits per heavy atom. The average molecular weight is 286 g/mol. The summed E-state index contributed by atoms with van der Waals surface area (Å²) >= 11 is 0. The lowest BCUT2D eigenvalue weighted by molar-refractivity contribution is 0.397. The first-order valence-corrected chi connectivity index (χ1v) is 6.99. The molecule has 21 heavy (non-hydrogen) atoms. The fourth-order valence-electron chi connectivity index (χ4n) is 2.32. The molecule has 1 N–H and O–H groups in total. The third-order valence-corrected chi connectivity index (χ3v) is 3.68. The van der Waals surface area contributed by atoms with Crippen LogP contribution in [0.2, 0.25) is 0 Å². The minimum Gasteiger partial charge on any atom is -0.496 e. The Balaban J connectivity index is 1.97. The van der Waals surface area contributed by atoms with Crippen molar-refractivity contribution >= 4 is 5.95 Å². The third-order valence-electron chi connectivity index (χ3n) is 3.68. The Morgan fingerprint density at radius 2 is 1.86 bits per heavy atom. The Hall–Kier alpha value is -2.37. The van der Waals surface area contributed by atoms with Gasteiger partial charge in [-0.2, -0.15) is 5.10 Å². The molecule has 1 aliphatic carbocycles. The van der Waals surface area contributed by atoms with E-state index in [2.05, 4.69) is 20.5 Å². The molecule has 0 bridgehead atoms. The van der Waals surface area contributed by atoms with Gasteiger partial charge in [0.1, 0.15) is 17.2 Å². The molecule has 6 heteroatoms. The third kappa shape index (κ3) is 2.74. The normalized spacial score (nSPS) is 14.4. The molecule has 2 aromatic rings. The number of benzene rings is 1. The number of hydrogen-bond donors (Lipinski definition) is 1. The summed E-state index contributed by atoms with van der Waals surface area (Å²) in [5, 5.41) is 11.4. The van der Waals surface area contributed by atoms with Crippen LogP contribution in [0.5, 0.6) is 11.5 Å². The number of ether oxygens (including phenoxy) is 2. The van der Waals surface area contributed by atoms with Crippen molar-refractivity contribution in [3.63, 3.8) is 0 Å². The van der Waals surface area contributed by atoms with Crippen LogP contribution in [0.3, 0.4) is 0 Å². The molecule has 0 spiro atoms. The van der Waals surface area contributed by atoms with E-state index in [9.17, 15) is 0 Å². The Labute approximate surface area is 123 Å². The van der Waals surface area contributed by atoms with E-state index in [4.69, 9.17) is 9.47 Å². The summed E-state index contributed by atoms with van der Waals surface area (Å²) < 4.78 is 10.8. The molecule has 0 saturated heterocycles. The van der Waals surface area contributed by atoms with Crippen molar-refractivity contribution in [1.82, 2.24) is 15.2 Å². The number of anilines is 1. The van der Waals surface area contributed by atoms with Gasteiger partial charge in [0, 0.05) is 6.04 Å². The lowest BCUT2D eigenvalue weighted by Gasteiger charge is -2.26. The number of nitrogens with one attached hydrogen (secondary N) is 1. The summed E-state index contributed by atoms with van der Waals surface area (Å²) in [6.07, 6.45) is 5.19. The van der Waals surface area contributed by atoms with Gasteiger partial charge >= 0.3 is 0 Å². The van der Waals surface area contributed by atoms with Crippen molar-refractivity contribution in [3.8, 4) is 22.8 Å². The number of rotatable bonds is 5. The molecular weight excluding hydrogens is 268 g/mol. The van der Waals surface area contributed by atoms with Crippen molar-refractivity contribution < 1.29 is 9.47 Å². The Bertz CT molecular complexity index is 607. The van der Waals surface area contributed by atoms with Crippen LogP contribution in [0.25, 0.3) is 11.3 Å². The predicted molar refractivity (Wildman–Crippen MR) is 79.6 cm³/mol. The minimum atomic E-state index is 0.460. The molecule has 1 heterocycles. The van der Waals surface area contributed by atoms with E-state index in [0.717, 1.165) is 18.4 Å². The van der Waals surface area contributed by atoms with Gasteiger partial charge in [-0.3, -0.25) is 0 Å². The van der Waals surface area contributed by atoms with Gasteiger partial charge in [-0.05, 0) is 31.4 Å². The molecule has 1 aromatic carbocycles. The van der Waals surface area contributed by atoms with Crippen LogP contribution in [0.1, 0.15) is 19.3 Å². The van der Waals surface area contributed by atoms with Crippen molar-refractivity contribution in [2.45, 2.75) is 25.3 Å². The maximum absolute atomic E-state index is 5.41. The highest BCUT2D eigenvalue weighted by molar-refractivity contribution is 5.74. The van der Waals surface area contributed by atoms with Gasteiger partial charge in [0.05, 0.1) is 26.0 Å². The summed E-state index contributed by atoms with van der Waals surface area (Å²) in [7, 11) is 3.25. The van der Waals surface area contributed by atoms with E-state index in [0.29, 0.717) is 29.2 Å². The molecule has 1 aromatic heterocycles. The standard InChI is InChI=1S/C15H18N4O2/c1-20-12-7-4-8-13(21-2)14(12)11-9-16-19-15(18-11)17-10-5-3-6-10/h4,7-10H,3,5-6H2,1-2H3,(H,17,18,19). The van der Waals surface area contributed by atoms with Gasteiger partial charge < -0.3 is 14.8 Å². The van der Waals surface area contributed by atoms with E-state index in [1.807, 2.05) is 18.2 Å². The van der Waals surface area contributed by atoms with Gasteiger partial charge in [-0.1, -0.05) is 6.07 Å². The molecule has 6 nitrogen and oxygen atoms in total. The lowest BCUT2D eigenvalue weighted by atomic mass is 9.93. The topological polar surface area (TPSA) is 69.2 Å². The molecule has 110 valence electrons. The summed E-state index contributed by atoms with van der Waals surface area (Å²) in [6, 6.07) is 6.09. The maximum Gasteiger partial charge on any atom is 0.243 e. The first-order chi connectivity index (χ1) is 10.3. The second-order valence-electron chi connectivity index (χ2n) is 4.97. The van der Waals surface area contributed by atoms with Crippen LogP contribution >= 0.6 is 0 Å². The summed E-state index contributed by atoms with van der Waals surface area (Å²) in [5.41, 5.74) is 1.47. The van der Waals surface area contributed by atoms with Crippen LogP contribution < -0.4 is 14.8 Å². The molecule has 0 amide bonds. The molecule has 1 saturated carbocycles. The molecule has 1 aliphatic rings. The number of nitrogens with zero attached hydrogens (tertiary/aromatic N) is 3. The van der Waals surface area contributed by atoms with Gasteiger partial charge in [0.25, 0.3) is 0 Å². The van der Waals surface area contributed by atoms with Crippen molar-refractivity contribution in [3.05, 3.63) is 24.4 Å². The molecular formula is C15H18N4O2. The highest BCUT2D eigenvalue weighted by atomic mass is 16.5. The minimum absolute atomic E-state index is 0.460. The smallest absolute Gasteiger partial charge is 0.243 e. The summed E-state index contributed by atoms with van der Waals surface area (Å²) in [6.45, 7) is 0. The van der Waals surface area contributed by atoms with Gasteiger partial charge in [-0.15, -0.1) is 5.10 Å². The number of aromatic nitrogens is 3. The van der Waals surface area contributed by atoms with Crippen LogP contribution in [-0.4, -0.2) is 35.4 Å². The zero-order valence-electron chi connectivity index (χ0n) is 12.2. The largest absolute Gasteiger partial charge is 0.496 e. The first kappa shape index (κ1) is 13.6. The monoisotopic (exact) mass is 286 g/mol. The molecule has 0 radical (unpaired) electrons. The van der Waals surface area contributed by atoms with Crippen LogP contribution in [0.4, 0.5) is 5.95 Å². The lowest BCUT2D eigenvalue weighted by Crippen LogP contribution is -2.28. The number of hydrogen-bond acceptors (Lipinski definition) is 6. The molecule has 0 unspecified atom stereocenters. The van der Waals surface area contributed by atoms with Crippen molar-refractivity contribution in [1.29, 1.82) is 0 Å². The van der Waals surface area contributed by atoms with Crippen LogP contribution in [0, 0.1) is 0 Å². The highest BCUT2D eigenvalue weighted by Gasteiger charge is 2.19. The van der Waals surface area contributed by atoms with Gasteiger partial charge in [-0.25, -0.2) is 4.98 Å².